The summed E-state index contributed by atoms with van der Waals surface area (Å²) >= 11 is 0. The second-order valence-corrected chi connectivity index (χ2v) is 10.6. The van der Waals surface area contributed by atoms with Crippen LogP contribution in [-0.4, -0.2) is 60.7 Å². The van der Waals surface area contributed by atoms with Crippen molar-refractivity contribution in [2.45, 2.75) is 30.7 Å². The van der Waals surface area contributed by atoms with Crippen LogP contribution in [0.5, 0.6) is 0 Å². The minimum absolute atomic E-state index is 0.203. The second kappa shape index (κ2) is 11.0. The van der Waals surface area contributed by atoms with Crippen molar-refractivity contribution in [3.05, 3.63) is 120 Å². The molecular formula is C33H37N5. The summed E-state index contributed by atoms with van der Waals surface area (Å²) in [4.78, 5) is 16.8. The summed E-state index contributed by atoms with van der Waals surface area (Å²) in [5, 5.41) is 0. The van der Waals surface area contributed by atoms with E-state index in [1.807, 2.05) is 12.3 Å². The van der Waals surface area contributed by atoms with Crippen molar-refractivity contribution >= 4 is 11.8 Å². The Morgan fingerprint density at radius 1 is 0.737 bits per heavy atom. The number of hydrogen-bond acceptors (Lipinski definition) is 5. The summed E-state index contributed by atoms with van der Waals surface area (Å²) in [6.45, 7) is 4.95. The Hall–Kier alpha value is -3.70. The number of aromatic nitrogens is 2. The van der Waals surface area contributed by atoms with Crippen LogP contribution >= 0.6 is 0 Å². The van der Waals surface area contributed by atoms with E-state index in [4.69, 9.17) is 4.98 Å². The number of piperazine rings is 1. The quantitative estimate of drug-likeness (QED) is 0.277. The van der Waals surface area contributed by atoms with Crippen LogP contribution in [0.4, 0.5) is 11.8 Å². The molecule has 6 rings (SSSR count). The summed E-state index contributed by atoms with van der Waals surface area (Å²) in [6.07, 6.45) is 5.47. The molecule has 5 nitrogen and oxygen atoms in total. The zero-order chi connectivity index (χ0) is 25.8. The molecule has 0 spiro atoms. The fraction of sp³-hybridized carbons (Fsp3) is 0.333. The topological polar surface area (TPSA) is 35.5 Å². The molecule has 2 aliphatic rings. The molecule has 2 fully saturated rings. The lowest BCUT2D eigenvalue weighted by Gasteiger charge is -2.40. The van der Waals surface area contributed by atoms with Gasteiger partial charge in [0.05, 0.1) is 0 Å². The van der Waals surface area contributed by atoms with Crippen LogP contribution in [0.25, 0.3) is 0 Å². The Balaban J connectivity index is 1.21. The van der Waals surface area contributed by atoms with Crippen LogP contribution < -0.4 is 9.80 Å². The van der Waals surface area contributed by atoms with Gasteiger partial charge in [-0.2, -0.15) is 4.98 Å². The summed E-state index contributed by atoms with van der Waals surface area (Å²) in [5.74, 6) is 1.90. The molecule has 0 atom stereocenters. The summed E-state index contributed by atoms with van der Waals surface area (Å²) in [7, 11) is 2.15. The predicted octanol–water partition coefficient (Wildman–Crippen LogP) is 5.62. The number of rotatable bonds is 9. The summed E-state index contributed by atoms with van der Waals surface area (Å²) < 4.78 is 0. The van der Waals surface area contributed by atoms with Gasteiger partial charge >= 0.3 is 0 Å². The first kappa shape index (κ1) is 24.6. The highest BCUT2D eigenvalue weighted by molar-refractivity contribution is 5.50. The molecule has 0 N–H and O–H groups in total. The average Bonchev–Trinajstić information content (AvgIpc) is 3.85. The predicted molar refractivity (Wildman–Crippen MR) is 156 cm³/mol. The summed E-state index contributed by atoms with van der Waals surface area (Å²) in [5.41, 5.74) is 3.84. The van der Waals surface area contributed by atoms with Gasteiger partial charge in [-0.25, -0.2) is 4.98 Å². The van der Waals surface area contributed by atoms with Gasteiger partial charge < -0.3 is 9.80 Å². The molecule has 0 unspecified atom stereocenters. The van der Waals surface area contributed by atoms with Gasteiger partial charge in [-0.3, -0.25) is 4.90 Å². The monoisotopic (exact) mass is 503 g/mol. The molecule has 3 aromatic carbocycles. The maximum absolute atomic E-state index is 4.91. The van der Waals surface area contributed by atoms with Gasteiger partial charge in [0.25, 0.3) is 0 Å². The van der Waals surface area contributed by atoms with Crippen molar-refractivity contribution in [2.24, 2.45) is 0 Å². The zero-order valence-corrected chi connectivity index (χ0v) is 22.3. The Morgan fingerprint density at radius 2 is 1.26 bits per heavy atom. The van der Waals surface area contributed by atoms with Gasteiger partial charge in [0.1, 0.15) is 5.82 Å². The molecule has 1 saturated carbocycles. The molecule has 1 aromatic heterocycles. The molecule has 4 aromatic rings. The third kappa shape index (κ3) is 5.03. The smallest absolute Gasteiger partial charge is 0.227 e. The highest BCUT2D eigenvalue weighted by Crippen LogP contribution is 2.42. The molecule has 5 heteroatoms. The fourth-order valence-electron chi connectivity index (χ4n) is 5.94. The van der Waals surface area contributed by atoms with E-state index in [1.54, 1.807) is 0 Å². The minimum Gasteiger partial charge on any atom is -0.357 e. The van der Waals surface area contributed by atoms with Gasteiger partial charge in [0.15, 0.2) is 0 Å². The van der Waals surface area contributed by atoms with Crippen LogP contribution in [0.15, 0.2) is 103 Å². The maximum Gasteiger partial charge on any atom is 0.227 e. The van der Waals surface area contributed by atoms with E-state index in [0.29, 0.717) is 6.04 Å². The number of hydrogen-bond donors (Lipinski definition) is 0. The normalized spacial score (nSPS) is 16.4. The molecule has 1 saturated heterocycles. The molecule has 2 heterocycles. The maximum atomic E-state index is 4.91. The Kier molecular flexibility index (Phi) is 7.10. The first-order valence-electron chi connectivity index (χ1n) is 13.9. The molecule has 1 aliphatic carbocycles. The van der Waals surface area contributed by atoms with Crippen molar-refractivity contribution in [3.8, 4) is 0 Å². The van der Waals surface area contributed by atoms with Crippen molar-refractivity contribution in [1.29, 1.82) is 0 Å². The number of anilines is 2. The van der Waals surface area contributed by atoms with Crippen molar-refractivity contribution in [1.82, 2.24) is 14.9 Å². The molecule has 1 aliphatic heterocycles. The van der Waals surface area contributed by atoms with Gasteiger partial charge in [0.2, 0.25) is 5.95 Å². The van der Waals surface area contributed by atoms with Gasteiger partial charge in [-0.15, -0.1) is 0 Å². The van der Waals surface area contributed by atoms with E-state index in [9.17, 15) is 0 Å². The Morgan fingerprint density at radius 3 is 1.76 bits per heavy atom. The molecule has 0 bridgehead atoms. The Labute approximate surface area is 226 Å². The average molecular weight is 504 g/mol. The van der Waals surface area contributed by atoms with E-state index < -0.39 is 0 Å². The van der Waals surface area contributed by atoms with Crippen LogP contribution in [0.3, 0.4) is 0 Å². The van der Waals surface area contributed by atoms with E-state index in [1.165, 1.54) is 29.5 Å². The molecule has 0 radical (unpaired) electrons. The zero-order valence-electron chi connectivity index (χ0n) is 22.3. The van der Waals surface area contributed by atoms with Crippen molar-refractivity contribution in [3.63, 3.8) is 0 Å². The highest BCUT2D eigenvalue weighted by atomic mass is 15.3. The fourth-order valence-corrected chi connectivity index (χ4v) is 5.94. The Bertz CT molecular complexity index is 1200. The first-order chi connectivity index (χ1) is 18.7. The third-order valence-electron chi connectivity index (χ3n) is 8.34. The second-order valence-electron chi connectivity index (χ2n) is 10.6. The van der Waals surface area contributed by atoms with E-state index >= 15 is 0 Å². The van der Waals surface area contributed by atoms with Crippen LogP contribution in [0.1, 0.15) is 36.0 Å². The van der Waals surface area contributed by atoms with E-state index in [0.717, 1.165) is 50.9 Å². The van der Waals surface area contributed by atoms with Crippen LogP contribution in [0, 0.1) is 0 Å². The largest absolute Gasteiger partial charge is 0.357 e. The van der Waals surface area contributed by atoms with E-state index in [2.05, 4.69) is 118 Å². The first-order valence-corrected chi connectivity index (χ1v) is 13.9. The van der Waals surface area contributed by atoms with Crippen LogP contribution in [0.2, 0.25) is 0 Å². The van der Waals surface area contributed by atoms with Crippen molar-refractivity contribution < 1.29 is 0 Å². The van der Waals surface area contributed by atoms with Crippen LogP contribution in [-0.2, 0) is 5.41 Å². The lowest BCUT2D eigenvalue weighted by molar-refractivity contribution is 0.241. The summed E-state index contributed by atoms with van der Waals surface area (Å²) in [6, 6.07) is 35.8. The standard InChI is InChI=1S/C33H37N5/c1-36(30-17-18-30)31-19-21-34-32(35-31)38-25-23-37(24-26-38)22-20-33(27-11-5-2-6-12-27,28-13-7-3-8-14-28)29-15-9-4-10-16-29/h2-16,19,21,30H,17-18,20,22-26H2,1H3. The van der Waals surface area contributed by atoms with Gasteiger partial charge in [-0.1, -0.05) is 91.0 Å². The highest BCUT2D eigenvalue weighted by Gasteiger charge is 2.36. The lowest BCUT2D eigenvalue weighted by Crippen LogP contribution is -2.48. The molecule has 38 heavy (non-hydrogen) atoms. The SMILES string of the molecule is CN(c1ccnc(N2CCN(CCC(c3ccccc3)(c3ccccc3)c3ccccc3)CC2)n1)C1CC1. The number of nitrogens with zero attached hydrogens (tertiary/aromatic N) is 5. The van der Waals surface area contributed by atoms with E-state index in [-0.39, 0.29) is 5.41 Å². The minimum atomic E-state index is -0.203. The van der Waals surface area contributed by atoms with Crippen molar-refractivity contribution in [2.75, 3.05) is 49.6 Å². The lowest BCUT2D eigenvalue weighted by atomic mass is 9.67. The van der Waals surface area contributed by atoms with Gasteiger partial charge in [-0.05, 0) is 48.6 Å². The number of benzene rings is 3. The molecule has 0 amide bonds. The molecular weight excluding hydrogens is 466 g/mol. The van der Waals surface area contributed by atoms with Gasteiger partial charge in [0, 0.05) is 50.9 Å². The molecule has 194 valence electrons. The third-order valence-corrected chi connectivity index (χ3v) is 8.34.